The van der Waals surface area contributed by atoms with Gasteiger partial charge in [-0.15, -0.1) is 0 Å². The Morgan fingerprint density at radius 3 is 2.45 bits per heavy atom. The van der Waals surface area contributed by atoms with Gasteiger partial charge in [0, 0.05) is 37.9 Å². The summed E-state index contributed by atoms with van der Waals surface area (Å²) in [7, 11) is 0. The SMILES string of the molecule is Cc1[nH]nc(N)c1C(=O)N1CCN(C2CCCC2)CC1. The number of amides is 1. The van der Waals surface area contributed by atoms with E-state index in [1.54, 1.807) is 0 Å². The molecule has 20 heavy (non-hydrogen) atoms. The monoisotopic (exact) mass is 277 g/mol. The molecule has 2 heterocycles. The Kier molecular flexibility index (Phi) is 3.65. The van der Waals surface area contributed by atoms with Crippen LogP contribution in [-0.4, -0.2) is 58.1 Å². The van der Waals surface area contributed by atoms with Gasteiger partial charge in [0.1, 0.15) is 5.56 Å². The molecule has 0 aromatic carbocycles. The van der Waals surface area contributed by atoms with Gasteiger partial charge < -0.3 is 10.6 Å². The van der Waals surface area contributed by atoms with Crippen molar-refractivity contribution >= 4 is 11.7 Å². The number of nitrogen functional groups attached to an aromatic ring is 1. The van der Waals surface area contributed by atoms with E-state index in [0.29, 0.717) is 11.4 Å². The van der Waals surface area contributed by atoms with Gasteiger partial charge in [-0.1, -0.05) is 12.8 Å². The van der Waals surface area contributed by atoms with E-state index in [1.165, 1.54) is 25.7 Å². The molecule has 0 radical (unpaired) electrons. The van der Waals surface area contributed by atoms with E-state index in [9.17, 15) is 4.79 Å². The van der Waals surface area contributed by atoms with E-state index in [2.05, 4.69) is 15.1 Å². The summed E-state index contributed by atoms with van der Waals surface area (Å²) in [5.41, 5.74) is 7.07. The number of nitrogens with two attached hydrogens (primary N) is 1. The summed E-state index contributed by atoms with van der Waals surface area (Å²) in [6.07, 6.45) is 5.35. The number of aryl methyl sites for hydroxylation is 1. The van der Waals surface area contributed by atoms with E-state index >= 15 is 0 Å². The van der Waals surface area contributed by atoms with Crippen molar-refractivity contribution in [3.05, 3.63) is 11.3 Å². The second kappa shape index (κ2) is 5.44. The molecule has 2 fully saturated rings. The molecular weight excluding hydrogens is 254 g/mol. The Morgan fingerprint density at radius 2 is 1.90 bits per heavy atom. The molecule has 0 bridgehead atoms. The van der Waals surface area contributed by atoms with Gasteiger partial charge in [-0.3, -0.25) is 14.8 Å². The summed E-state index contributed by atoms with van der Waals surface area (Å²) in [6.45, 7) is 5.38. The molecule has 3 rings (SSSR count). The molecule has 110 valence electrons. The molecule has 0 unspecified atom stereocenters. The molecule has 0 spiro atoms. The second-order valence-electron chi connectivity index (χ2n) is 5.88. The minimum absolute atomic E-state index is 0.0137. The van der Waals surface area contributed by atoms with E-state index in [0.717, 1.165) is 37.9 Å². The highest BCUT2D eigenvalue weighted by atomic mass is 16.2. The quantitative estimate of drug-likeness (QED) is 0.845. The fraction of sp³-hybridized carbons (Fsp3) is 0.714. The predicted molar refractivity (Wildman–Crippen MR) is 77.5 cm³/mol. The van der Waals surface area contributed by atoms with Crippen LogP contribution in [0.3, 0.4) is 0 Å². The maximum Gasteiger partial charge on any atom is 0.259 e. The Balaban J connectivity index is 1.62. The molecule has 1 aliphatic heterocycles. The van der Waals surface area contributed by atoms with Crippen molar-refractivity contribution in [3.63, 3.8) is 0 Å². The van der Waals surface area contributed by atoms with E-state index in [4.69, 9.17) is 5.73 Å². The lowest BCUT2D eigenvalue weighted by atomic mass is 10.1. The Bertz CT molecular complexity index is 464. The topological polar surface area (TPSA) is 78.2 Å². The number of piperazine rings is 1. The highest BCUT2D eigenvalue weighted by Crippen LogP contribution is 2.25. The zero-order valence-electron chi connectivity index (χ0n) is 12.1. The zero-order chi connectivity index (χ0) is 14.1. The number of aromatic nitrogens is 2. The first-order valence-corrected chi connectivity index (χ1v) is 7.50. The fourth-order valence-corrected chi connectivity index (χ4v) is 3.44. The van der Waals surface area contributed by atoms with Crippen molar-refractivity contribution in [3.8, 4) is 0 Å². The van der Waals surface area contributed by atoms with Gasteiger partial charge in [-0.05, 0) is 19.8 Å². The number of nitrogens with zero attached hydrogens (tertiary/aromatic N) is 3. The minimum atomic E-state index is 0.0137. The predicted octanol–water partition coefficient (Wildman–Crippen LogP) is 1.00. The van der Waals surface area contributed by atoms with Crippen LogP contribution in [0.5, 0.6) is 0 Å². The van der Waals surface area contributed by atoms with E-state index in [-0.39, 0.29) is 5.91 Å². The van der Waals surface area contributed by atoms with Gasteiger partial charge in [-0.25, -0.2) is 0 Å². The number of rotatable bonds is 2. The average Bonchev–Trinajstić information content (AvgIpc) is 3.09. The highest BCUT2D eigenvalue weighted by molar-refractivity contribution is 5.99. The number of hydrogen-bond donors (Lipinski definition) is 2. The number of H-pyrrole nitrogens is 1. The first-order valence-electron chi connectivity index (χ1n) is 7.50. The summed E-state index contributed by atoms with van der Waals surface area (Å²) in [6, 6.07) is 0.744. The maximum absolute atomic E-state index is 12.5. The lowest BCUT2D eigenvalue weighted by Crippen LogP contribution is -2.51. The Labute approximate surface area is 119 Å². The van der Waals surface area contributed by atoms with Crippen LogP contribution in [-0.2, 0) is 0 Å². The van der Waals surface area contributed by atoms with Crippen molar-refractivity contribution < 1.29 is 4.79 Å². The van der Waals surface area contributed by atoms with Gasteiger partial charge in [-0.2, -0.15) is 5.10 Å². The number of carbonyl (C=O) groups is 1. The molecule has 2 aliphatic rings. The Hall–Kier alpha value is -1.56. The minimum Gasteiger partial charge on any atom is -0.382 e. The summed E-state index contributed by atoms with van der Waals surface area (Å²) in [4.78, 5) is 16.9. The first-order chi connectivity index (χ1) is 9.66. The van der Waals surface area contributed by atoms with Gasteiger partial charge >= 0.3 is 0 Å². The van der Waals surface area contributed by atoms with Crippen LogP contribution in [0.15, 0.2) is 0 Å². The third-order valence-electron chi connectivity index (χ3n) is 4.63. The molecule has 1 aromatic heterocycles. The normalized spacial score (nSPS) is 21.6. The van der Waals surface area contributed by atoms with E-state index < -0.39 is 0 Å². The molecule has 1 amide bonds. The van der Waals surface area contributed by atoms with Crippen molar-refractivity contribution in [1.82, 2.24) is 20.0 Å². The lowest BCUT2D eigenvalue weighted by molar-refractivity contribution is 0.0574. The Morgan fingerprint density at radius 1 is 1.25 bits per heavy atom. The highest BCUT2D eigenvalue weighted by Gasteiger charge is 2.29. The number of nitrogens with one attached hydrogen (secondary N) is 1. The van der Waals surface area contributed by atoms with Crippen LogP contribution in [0.25, 0.3) is 0 Å². The zero-order valence-corrected chi connectivity index (χ0v) is 12.1. The summed E-state index contributed by atoms with van der Waals surface area (Å²) in [5.74, 6) is 0.325. The van der Waals surface area contributed by atoms with Gasteiger partial charge in [0.15, 0.2) is 5.82 Å². The van der Waals surface area contributed by atoms with E-state index in [1.807, 2.05) is 11.8 Å². The van der Waals surface area contributed by atoms with Crippen LogP contribution in [0, 0.1) is 6.92 Å². The standard InChI is InChI=1S/C14H23N5O/c1-10-12(13(15)17-16-10)14(20)19-8-6-18(7-9-19)11-4-2-3-5-11/h11H,2-9H2,1H3,(H3,15,16,17). The molecule has 3 N–H and O–H groups in total. The summed E-state index contributed by atoms with van der Waals surface area (Å²) < 4.78 is 0. The molecule has 1 saturated heterocycles. The molecule has 1 aromatic rings. The number of anilines is 1. The lowest BCUT2D eigenvalue weighted by Gasteiger charge is -2.38. The summed E-state index contributed by atoms with van der Waals surface area (Å²) >= 11 is 0. The van der Waals surface area contributed by atoms with Gasteiger partial charge in [0.25, 0.3) is 5.91 Å². The van der Waals surface area contributed by atoms with Crippen LogP contribution < -0.4 is 5.73 Å². The average molecular weight is 277 g/mol. The number of hydrogen-bond acceptors (Lipinski definition) is 4. The molecule has 1 saturated carbocycles. The van der Waals surface area contributed by atoms with Crippen LogP contribution >= 0.6 is 0 Å². The number of aromatic amines is 1. The first kappa shape index (κ1) is 13.4. The molecule has 0 atom stereocenters. The summed E-state index contributed by atoms with van der Waals surface area (Å²) in [5, 5.41) is 6.68. The largest absolute Gasteiger partial charge is 0.382 e. The maximum atomic E-state index is 12.5. The van der Waals surface area contributed by atoms with Crippen LogP contribution in [0.4, 0.5) is 5.82 Å². The second-order valence-corrected chi connectivity index (χ2v) is 5.88. The fourth-order valence-electron chi connectivity index (χ4n) is 3.44. The molecular formula is C14H23N5O. The molecule has 1 aliphatic carbocycles. The molecule has 6 heteroatoms. The van der Waals surface area contributed by atoms with Crippen molar-refractivity contribution in [2.45, 2.75) is 38.6 Å². The third kappa shape index (κ3) is 2.40. The van der Waals surface area contributed by atoms with Gasteiger partial charge in [0.05, 0.1) is 0 Å². The smallest absolute Gasteiger partial charge is 0.259 e. The third-order valence-corrected chi connectivity index (χ3v) is 4.63. The van der Waals surface area contributed by atoms with Gasteiger partial charge in [0.2, 0.25) is 0 Å². The van der Waals surface area contributed by atoms with Crippen LogP contribution in [0.2, 0.25) is 0 Å². The van der Waals surface area contributed by atoms with Crippen LogP contribution in [0.1, 0.15) is 41.7 Å². The van der Waals surface area contributed by atoms with Crippen molar-refractivity contribution in [1.29, 1.82) is 0 Å². The number of carbonyl (C=O) groups excluding carboxylic acids is 1. The van der Waals surface area contributed by atoms with Crippen molar-refractivity contribution in [2.75, 3.05) is 31.9 Å². The molecule has 6 nitrogen and oxygen atoms in total. The van der Waals surface area contributed by atoms with Crippen molar-refractivity contribution in [2.24, 2.45) is 0 Å².